The first kappa shape index (κ1) is 8.66. The second-order valence-electron chi connectivity index (χ2n) is 2.08. The average molecular weight is 129 g/mol. The molecule has 0 fully saturated rings. The molecule has 0 aromatic carbocycles. The quantitative estimate of drug-likeness (QED) is 0.316. The summed E-state index contributed by atoms with van der Waals surface area (Å²) in [7, 11) is 3.77. The first-order chi connectivity index (χ1) is 4.27. The van der Waals surface area contributed by atoms with Gasteiger partial charge in [-0.2, -0.15) is 5.06 Å². The molecule has 54 valence electrons. The summed E-state index contributed by atoms with van der Waals surface area (Å²) in [6.45, 7) is 4.40. The molecule has 0 rings (SSSR count). The van der Waals surface area contributed by atoms with Crippen LogP contribution in [0.25, 0.3) is 0 Å². The highest BCUT2D eigenvalue weighted by molar-refractivity contribution is 4.64. The number of rotatable bonds is 5. The van der Waals surface area contributed by atoms with Gasteiger partial charge in [-0.05, 0) is 12.8 Å². The van der Waals surface area contributed by atoms with Crippen LogP contribution in [0.15, 0.2) is 12.7 Å². The molecule has 0 aliphatic rings. The van der Waals surface area contributed by atoms with Crippen molar-refractivity contribution in [1.82, 2.24) is 5.06 Å². The van der Waals surface area contributed by atoms with Crippen LogP contribution in [-0.2, 0) is 4.84 Å². The smallest absolute Gasteiger partial charge is 0.0687 e. The Balaban J connectivity index is 2.82. The van der Waals surface area contributed by atoms with Gasteiger partial charge in [0.2, 0.25) is 0 Å². The van der Waals surface area contributed by atoms with Gasteiger partial charge in [-0.3, -0.25) is 4.84 Å². The van der Waals surface area contributed by atoms with Crippen molar-refractivity contribution in [1.29, 1.82) is 0 Å². The van der Waals surface area contributed by atoms with E-state index in [-0.39, 0.29) is 0 Å². The van der Waals surface area contributed by atoms with Crippen LogP contribution in [-0.4, -0.2) is 25.8 Å². The number of hydrogen-bond donors (Lipinski definition) is 0. The molecule has 2 nitrogen and oxygen atoms in total. The van der Waals surface area contributed by atoms with Gasteiger partial charge in [0.15, 0.2) is 0 Å². The molecule has 0 atom stereocenters. The molecule has 0 N–H and O–H groups in total. The van der Waals surface area contributed by atoms with Crippen molar-refractivity contribution in [2.24, 2.45) is 0 Å². The van der Waals surface area contributed by atoms with Crippen molar-refractivity contribution in [3.05, 3.63) is 12.7 Å². The van der Waals surface area contributed by atoms with Gasteiger partial charge < -0.3 is 0 Å². The number of hydrogen-bond acceptors (Lipinski definition) is 2. The molecule has 0 unspecified atom stereocenters. The van der Waals surface area contributed by atoms with Crippen LogP contribution in [0.1, 0.15) is 12.8 Å². The van der Waals surface area contributed by atoms with Gasteiger partial charge >= 0.3 is 0 Å². The van der Waals surface area contributed by atoms with E-state index in [0.717, 1.165) is 19.4 Å². The third-order valence-corrected chi connectivity index (χ3v) is 0.902. The molecule has 0 spiro atoms. The predicted octanol–water partition coefficient (Wildman–Crippen LogP) is 1.45. The molecule has 0 heterocycles. The third-order valence-electron chi connectivity index (χ3n) is 0.902. The topological polar surface area (TPSA) is 12.5 Å². The van der Waals surface area contributed by atoms with Crippen LogP contribution in [0.3, 0.4) is 0 Å². The molecular formula is C7H15NO. The van der Waals surface area contributed by atoms with E-state index < -0.39 is 0 Å². The lowest BCUT2D eigenvalue weighted by Gasteiger charge is -2.08. The van der Waals surface area contributed by atoms with Gasteiger partial charge in [0.1, 0.15) is 0 Å². The molecule has 0 aliphatic carbocycles. The Morgan fingerprint density at radius 3 is 2.67 bits per heavy atom. The SMILES string of the molecule is C=CCCCON(C)C. The first-order valence-corrected chi connectivity index (χ1v) is 3.18. The van der Waals surface area contributed by atoms with Crippen LogP contribution in [0.5, 0.6) is 0 Å². The monoisotopic (exact) mass is 129 g/mol. The van der Waals surface area contributed by atoms with Gasteiger partial charge in [0.25, 0.3) is 0 Å². The van der Waals surface area contributed by atoms with E-state index in [0.29, 0.717) is 0 Å². The fourth-order valence-corrected chi connectivity index (χ4v) is 0.475. The van der Waals surface area contributed by atoms with E-state index in [1.165, 1.54) is 0 Å². The molecule has 9 heavy (non-hydrogen) atoms. The minimum atomic E-state index is 0.791. The molecule has 2 heteroatoms. The summed E-state index contributed by atoms with van der Waals surface area (Å²) in [6.07, 6.45) is 3.99. The standard InChI is InChI=1S/C7H15NO/c1-4-5-6-7-9-8(2)3/h4H,1,5-7H2,2-3H3. The summed E-state index contributed by atoms with van der Waals surface area (Å²) >= 11 is 0. The lowest BCUT2D eigenvalue weighted by molar-refractivity contribution is -0.119. The van der Waals surface area contributed by atoms with Crippen LogP contribution in [0, 0.1) is 0 Å². The van der Waals surface area contributed by atoms with E-state index in [2.05, 4.69) is 6.58 Å². The van der Waals surface area contributed by atoms with Crippen molar-refractivity contribution in [2.45, 2.75) is 12.8 Å². The molecule has 0 bridgehead atoms. The minimum absolute atomic E-state index is 0.791. The average Bonchev–Trinajstić information content (AvgIpc) is 1.80. The fourth-order valence-electron chi connectivity index (χ4n) is 0.475. The van der Waals surface area contributed by atoms with Crippen molar-refractivity contribution in [2.75, 3.05) is 20.7 Å². The molecule has 0 aromatic rings. The number of nitrogens with zero attached hydrogens (tertiary/aromatic N) is 1. The zero-order chi connectivity index (χ0) is 7.11. The summed E-state index contributed by atoms with van der Waals surface area (Å²) < 4.78 is 0. The molecule has 0 aromatic heterocycles. The Kier molecular flexibility index (Phi) is 5.57. The third kappa shape index (κ3) is 7.66. The van der Waals surface area contributed by atoms with Gasteiger partial charge in [-0.1, -0.05) is 6.08 Å². The molecule has 0 saturated heterocycles. The fraction of sp³-hybridized carbons (Fsp3) is 0.714. The highest BCUT2D eigenvalue weighted by Crippen LogP contribution is 1.90. The van der Waals surface area contributed by atoms with Crippen molar-refractivity contribution in [3.8, 4) is 0 Å². The Labute approximate surface area is 57.1 Å². The van der Waals surface area contributed by atoms with E-state index in [1.807, 2.05) is 20.2 Å². The maximum atomic E-state index is 5.13. The summed E-state index contributed by atoms with van der Waals surface area (Å²) in [5.41, 5.74) is 0. The zero-order valence-corrected chi connectivity index (χ0v) is 6.26. The van der Waals surface area contributed by atoms with Crippen molar-refractivity contribution in [3.63, 3.8) is 0 Å². The summed E-state index contributed by atoms with van der Waals surface area (Å²) in [5.74, 6) is 0. The largest absolute Gasteiger partial charge is 0.300 e. The van der Waals surface area contributed by atoms with Gasteiger partial charge in [-0.25, -0.2) is 0 Å². The Morgan fingerprint density at radius 1 is 1.56 bits per heavy atom. The lowest BCUT2D eigenvalue weighted by atomic mass is 10.3. The second kappa shape index (κ2) is 5.79. The number of unbranched alkanes of at least 4 members (excludes halogenated alkanes) is 1. The van der Waals surface area contributed by atoms with Gasteiger partial charge in [0.05, 0.1) is 6.61 Å². The number of allylic oxidation sites excluding steroid dienone is 1. The first-order valence-electron chi connectivity index (χ1n) is 3.18. The van der Waals surface area contributed by atoms with Crippen LogP contribution < -0.4 is 0 Å². The summed E-state index contributed by atoms with van der Waals surface area (Å²) in [4.78, 5) is 5.13. The molecule has 0 radical (unpaired) electrons. The van der Waals surface area contributed by atoms with Crippen LogP contribution in [0.2, 0.25) is 0 Å². The van der Waals surface area contributed by atoms with E-state index in [9.17, 15) is 0 Å². The van der Waals surface area contributed by atoms with Crippen LogP contribution >= 0.6 is 0 Å². The Bertz CT molecular complexity index is 71.3. The summed E-state index contributed by atoms with van der Waals surface area (Å²) in [5, 5.41) is 1.71. The maximum absolute atomic E-state index is 5.13. The normalized spacial score (nSPS) is 10.1. The van der Waals surface area contributed by atoms with Gasteiger partial charge in [0, 0.05) is 14.1 Å². The minimum Gasteiger partial charge on any atom is -0.300 e. The highest BCUT2D eigenvalue weighted by Gasteiger charge is 1.86. The Morgan fingerprint density at radius 2 is 2.22 bits per heavy atom. The molecular weight excluding hydrogens is 114 g/mol. The molecule has 0 aliphatic heterocycles. The van der Waals surface area contributed by atoms with E-state index in [4.69, 9.17) is 4.84 Å². The molecule has 0 amide bonds. The van der Waals surface area contributed by atoms with Crippen molar-refractivity contribution < 1.29 is 4.84 Å². The maximum Gasteiger partial charge on any atom is 0.0687 e. The second-order valence-corrected chi connectivity index (χ2v) is 2.08. The summed E-state index contributed by atoms with van der Waals surface area (Å²) in [6, 6.07) is 0. The van der Waals surface area contributed by atoms with E-state index in [1.54, 1.807) is 5.06 Å². The van der Waals surface area contributed by atoms with Crippen molar-refractivity contribution >= 4 is 0 Å². The number of hydroxylamine groups is 2. The lowest BCUT2D eigenvalue weighted by Crippen LogP contribution is -2.12. The van der Waals surface area contributed by atoms with E-state index >= 15 is 0 Å². The zero-order valence-electron chi connectivity index (χ0n) is 6.26. The molecule has 0 saturated carbocycles. The Hall–Kier alpha value is -0.340. The predicted molar refractivity (Wildman–Crippen MR) is 39.1 cm³/mol. The highest BCUT2D eigenvalue weighted by atomic mass is 16.7. The van der Waals surface area contributed by atoms with Gasteiger partial charge in [-0.15, -0.1) is 6.58 Å². The van der Waals surface area contributed by atoms with Crippen LogP contribution in [0.4, 0.5) is 0 Å².